The van der Waals surface area contributed by atoms with E-state index in [0.717, 1.165) is 18.6 Å². The number of nitrogens with one attached hydrogen (secondary N) is 1. The molecule has 0 aromatic heterocycles. The number of carboxylic acid groups (broad SMARTS) is 1. The summed E-state index contributed by atoms with van der Waals surface area (Å²) in [5.41, 5.74) is 0.360. The molecule has 1 aromatic rings. The molecule has 1 unspecified atom stereocenters. The van der Waals surface area contributed by atoms with Gasteiger partial charge in [0.05, 0.1) is 12.5 Å². The van der Waals surface area contributed by atoms with Crippen molar-refractivity contribution in [1.82, 2.24) is 5.32 Å². The molecular weight excluding hydrogens is 331 g/mol. The maximum absolute atomic E-state index is 12.1. The molecule has 0 aliphatic carbocycles. The second-order valence-corrected chi connectivity index (χ2v) is 5.28. The van der Waals surface area contributed by atoms with Crippen molar-refractivity contribution in [2.75, 3.05) is 6.61 Å². The second-order valence-electron chi connectivity index (χ2n) is 5.28. The lowest BCUT2D eigenvalue weighted by Crippen LogP contribution is -2.37. The predicted molar refractivity (Wildman–Crippen MR) is 75.2 cm³/mol. The van der Waals surface area contributed by atoms with Gasteiger partial charge in [-0.15, -0.1) is 13.2 Å². The van der Waals surface area contributed by atoms with Crippen LogP contribution in [0.4, 0.5) is 13.2 Å². The molecular formula is C15H16F3NO5. The summed E-state index contributed by atoms with van der Waals surface area (Å²) < 4.78 is 45.4. The number of aliphatic carboxylic acids is 1. The Morgan fingerprint density at radius 2 is 2.00 bits per heavy atom. The highest BCUT2D eigenvalue weighted by Crippen LogP contribution is 2.26. The van der Waals surface area contributed by atoms with Crippen LogP contribution in [0.2, 0.25) is 0 Å². The van der Waals surface area contributed by atoms with Crippen molar-refractivity contribution in [3.05, 3.63) is 29.8 Å². The fourth-order valence-corrected chi connectivity index (χ4v) is 2.38. The number of carboxylic acids is 1. The van der Waals surface area contributed by atoms with Crippen LogP contribution in [0.1, 0.15) is 30.9 Å². The Bertz CT molecular complexity index is 582. The molecule has 1 aliphatic rings. The van der Waals surface area contributed by atoms with Gasteiger partial charge >= 0.3 is 12.3 Å². The third-order valence-corrected chi connectivity index (χ3v) is 3.43. The summed E-state index contributed by atoms with van der Waals surface area (Å²) in [4.78, 5) is 23.0. The fraction of sp³-hybridized carbons (Fsp3) is 0.467. The number of carbonyl (C=O) groups is 2. The summed E-state index contributed by atoms with van der Waals surface area (Å²) in [5, 5.41) is 11.5. The molecule has 0 spiro atoms. The van der Waals surface area contributed by atoms with Crippen LogP contribution in [0.25, 0.3) is 0 Å². The largest absolute Gasteiger partial charge is 0.573 e. The first-order valence-electron chi connectivity index (χ1n) is 7.24. The molecule has 1 saturated heterocycles. The topological polar surface area (TPSA) is 84.9 Å². The maximum atomic E-state index is 12.1. The quantitative estimate of drug-likeness (QED) is 0.825. The van der Waals surface area contributed by atoms with Crippen molar-refractivity contribution in [3.8, 4) is 5.75 Å². The lowest BCUT2D eigenvalue weighted by molar-refractivity contribution is -0.274. The minimum atomic E-state index is -4.81. The molecule has 0 bridgehead atoms. The summed E-state index contributed by atoms with van der Waals surface area (Å²) in [6.45, 7) is 0.463. The van der Waals surface area contributed by atoms with Gasteiger partial charge in [0, 0.05) is 6.61 Å². The summed E-state index contributed by atoms with van der Waals surface area (Å²) in [6, 6.07) is 3.82. The molecule has 0 radical (unpaired) electrons. The normalized spacial score (nSPS) is 18.9. The van der Waals surface area contributed by atoms with Crippen molar-refractivity contribution in [1.29, 1.82) is 0 Å². The van der Waals surface area contributed by atoms with Gasteiger partial charge in [-0.25, -0.2) is 0 Å². The van der Waals surface area contributed by atoms with Gasteiger partial charge in [-0.3, -0.25) is 9.59 Å². The summed E-state index contributed by atoms with van der Waals surface area (Å²) in [5.74, 6) is -2.01. The van der Waals surface area contributed by atoms with Gasteiger partial charge < -0.3 is 19.9 Å². The fourth-order valence-electron chi connectivity index (χ4n) is 2.38. The Balaban J connectivity index is 2.08. The average molecular weight is 347 g/mol. The molecule has 24 heavy (non-hydrogen) atoms. The van der Waals surface area contributed by atoms with Crippen molar-refractivity contribution in [3.63, 3.8) is 0 Å². The Hall–Kier alpha value is -2.29. The van der Waals surface area contributed by atoms with Gasteiger partial charge in [0.2, 0.25) is 5.91 Å². The number of carbonyl (C=O) groups excluding carboxylic acids is 1. The van der Waals surface area contributed by atoms with Crippen LogP contribution in [-0.4, -0.2) is 36.1 Å². The predicted octanol–water partition coefficient (Wildman–Crippen LogP) is 2.40. The molecule has 0 saturated carbocycles. The van der Waals surface area contributed by atoms with E-state index in [-0.39, 0.29) is 0 Å². The highest BCUT2D eigenvalue weighted by atomic mass is 19.4. The standard InChI is InChI=1S/C15H16F3NO5/c16-15(17,18)24-10-5-3-9(4-6-10)11(8-13(20)21)19-14(22)12-2-1-7-23-12/h3-6,11-12H,1-2,7-8H2,(H,19,22)(H,20,21)/t11?,12-/m0/s1. The zero-order chi connectivity index (χ0) is 17.7. The highest BCUT2D eigenvalue weighted by Gasteiger charge is 2.31. The van der Waals surface area contributed by atoms with E-state index in [4.69, 9.17) is 9.84 Å². The monoisotopic (exact) mass is 347 g/mol. The van der Waals surface area contributed by atoms with Crippen molar-refractivity contribution in [2.24, 2.45) is 0 Å². The molecule has 1 aliphatic heterocycles. The van der Waals surface area contributed by atoms with Crippen molar-refractivity contribution < 1.29 is 37.3 Å². The van der Waals surface area contributed by atoms with Crippen LogP contribution < -0.4 is 10.1 Å². The van der Waals surface area contributed by atoms with Crippen LogP contribution in [0.3, 0.4) is 0 Å². The average Bonchev–Trinajstić information content (AvgIpc) is 2.99. The van der Waals surface area contributed by atoms with Crippen molar-refractivity contribution >= 4 is 11.9 Å². The lowest BCUT2D eigenvalue weighted by Gasteiger charge is -2.20. The minimum Gasteiger partial charge on any atom is -0.481 e. The first kappa shape index (κ1) is 18.1. The van der Waals surface area contributed by atoms with Gasteiger partial charge in [-0.1, -0.05) is 12.1 Å². The number of halogens is 3. The van der Waals surface area contributed by atoms with Gasteiger partial charge in [0.25, 0.3) is 0 Å². The number of rotatable bonds is 6. The second kappa shape index (κ2) is 7.52. The molecule has 2 atom stereocenters. The third-order valence-electron chi connectivity index (χ3n) is 3.43. The van der Waals surface area contributed by atoms with E-state index >= 15 is 0 Å². The Kier molecular flexibility index (Phi) is 5.66. The van der Waals surface area contributed by atoms with E-state index in [2.05, 4.69) is 10.1 Å². The van der Waals surface area contributed by atoms with Crippen molar-refractivity contribution in [2.45, 2.75) is 37.8 Å². The molecule has 132 valence electrons. The SMILES string of the molecule is O=C(O)CC(NC(=O)[C@@H]1CCCO1)c1ccc(OC(F)(F)F)cc1. The summed E-state index contributed by atoms with van der Waals surface area (Å²) in [7, 11) is 0. The van der Waals surface area contributed by atoms with E-state index < -0.39 is 42.6 Å². The highest BCUT2D eigenvalue weighted by molar-refractivity contribution is 5.82. The first-order valence-corrected chi connectivity index (χ1v) is 7.24. The Morgan fingerprint density at radius 1 is 1.33 bits per heavy atom. The minimum absolute atomic E-state index is 0.360. The molecule has 2 N–H and O–H groups in total. The smallest absolute Gasteiger partial charge is 0.481 e. The first-order chi connectivity index (χ1) is 11.2. The van der Waals surface area contributed by atoms with Crippen LogP contribution in [0.5, 0.6) is 5.75 Å². The summed E-state index contributed by atoms with van der Waals surface area (Å²) in [6.07, 6.45) is -4.56. The molecule has 1 amide bonds. The van der Waals surface area contributed by atoms with Crippen LogP contribution in [0.15, 0.2) is 24.3 Å². The molecule has 2 rings (SSSR count). The third kappa shape index (κ3) is 5.41. The molecule has 6 nitrogen and oxygen atoms in total. The Morgan fingerprint density at radius 3 is 2.50 bits per heavy atom. The molecule has 1 aromatic carbocycles. The Labute approximate surface area is 135 Å². The zero-order valence-corrected chi connectivity index (χ0v) is 12.5. The number of amides is 1. The van der Waals surface area contributed by atoms with E-state index in [0.29, 0.717) is 18.6 Å². The molecule has 9 heteroatoms. The number of hydrogen-bond acceptors (Lipinski definition) is 4. The van der Waals surface area contributed by atoms with Gasteiger partial charge in [-0.2, -0.15) is 0 Å². The lowest BCUT2D eigenvalue weighted by atomic mass is 10.0. The molecule has 1 fully saturated rings. The van der Waals surface area contributed by atoms with Crippen LogP contribution in [0, 0.1) is 0 Å². The van der Waals surface area contributed by atoms with Crippen LogP contribution in [-0.2, 0) is 14.3 Å². The van der Waals surface area contributed by atoms with E-state index in [9.17, 15) is 22.8 Å². The zero-order valence-electron chi connectivity index (χ0n) is 12.5. The number of benzene rings is 1. The number of ether oxygens (including phenoxy) is 2. The number of hydrogen-bond donors (Lipinski definition) is 2. The van der Waals surface area contributed by atoms with Gasteiger partial charge in [0.1, 0.15) is 11.9 Å². The van der Waals surface area contributed by atoms with Gasteiger partial charge in [0.15, 0.2) is 0 Å². The van der Waals surface area contributed by atoms with E-state index in [1.165, 1.54) is 12.1 Å². The summed E-state index contributed by atoms with van der Waals surface area (Å²) >= 11 is 0. The van der Waals surface area contributed by atoms with E-state index in [1.54, 1.807) is 0 Å². The van der Waals surface area contributed by atoms with Crippen LogP contribution >= 0.6 is 0 Å². The van der Waals surface area contributed by atoms with Gasteiger partial charge in [-0.05, 0) is 30.5 Å². The van der Waals surface area contributed by atoms with E-state index in [1.807, 2.05) is 0 Å². The maximum Gasteiger partial charge on any atom is 0.573 e. The molecule has 1 heterocycles. The number of alkyl halides is 3.